The van der Waals surface area contributed by atoms with Crippen LogP contribution in [0.2, 0.25) is 0 Å². The molecule has 1 atom stereocenters. The summed E-state index contributed by atoms with van der Waals surface area (Å²) in [4.78, 5) is 22.8. The number of benzene rings is 1. The molecule has 0 aliphatic carbocycles. The van der Waals surface area contributed by atoms with Crippen LogP contribution in [0.3, 0.4) is 0 Å². The van der Waals surface area contributed by atoms with Gasteiger partial charge in [-0.15, -0.1) is 0 Å². The van der Waals surface area contributed by atoms with Gasteiger partial charge in [-0.05, 0) is 12.0 Å². The molecule has 7 heteroatoms. The summed E-state index contributed by atoms with van der Waals surface area (Å²) in [6.07, 6.45) is 0.927. The van der Waals surface area contributed by atoms with Gasteiger partial charge in [0.2, 0.25) is 0 Å². The average molecular weight is 302 g/mol. The molecule has 0 bridgehead atoms. The minimum atomic E-state index is -0.838. The Labute approximate surface area is 124 Å². The maximum atomic E-state index is 11.3. The summed E-state index contributed by atoms with van der Waals surface area (Å²) in [5, 5.41) is 0. The predicted molar refractivity (Wildman–Crippen MR) is 70.1 cm³/mol. The zero-order chi connectivity index (χ0) is 14.3. The lowest BCUT2D eigenvalue weighted by Crippen LogP contribution is -3.00. The quantitative estimate of drug-likeness (QED) is 0.623. The Balaban J connectivity index is 0.00000361. The van der Waals surface area contributed by atoms with Crippen molar-refractivity contribution in [2.75, 3.05) is 13.7 Å². The van der Waals surface area contributed by atoms with Crippen LogP contribution in [0.15, 0.2) is 30.3 Å². The van der Waals surface area contributed by atoms with E-state index >= 15 is 0 Å². The van der Waals surface area contributed by atoms with E-state index in [0.29, 0.717) is 0 Å². The number of rotatable bonds is 5. The normalized spacial score (nSPS) is 11.1. The first-order valence-corrected chi connectivity index (χ1v) is 6.07. The Morgan fingerprint density at radius 3 is 2.50 bits per heavy atom. The van der Waals surface area contributed by atoms with Crippen LogP contribution >= 0.6 is 0 Å². The molecule has 0 aliphatic rings. The average Bonchev–Trinajstić information content (AvgIpc) is 2.42. The first-order chi connectivity index (χ1) is 9.00. The van der Waals surface area contributed by atoms with Crippen LogP contribution in [0.5, 0.6) is 0 Å². The van der Waals surface area contributed by atoms with Crippen LogP contribution in [0.4, 0.5) is 9.59 Å². The van der Waals surface area contributed by atoms with Crippen LogP contribution in [0, 0.1) is 0 Å². The minimum Gasteiger partial charge on any atom is -1.00 e. The predicted octanol–water partition coefficient (Wildman–Crippen LogP) is -2.62. The van der Waals surface area contributed by atoms with E-state index in [2.05, 4.69) is 5.73 Å². The van der Waals surface area contributed by atoms with E-state index in [9.17, 15) is 9.59 Å². The minimum absolute atomic E-state index is 0. The van der Waals surface area contributed by atoms with Crippen LogP contribution < -0.4 is 23.9 Å². The van der Waals surface area contributed by atoms with Gasteiger partial charge in [-0.1, -0.05) is 30.3 Å². The number of nitrogens with zero attached hydrogens (tertiary/aromatic N) is 1. The third kappa shape index (κ3) is 6.40. The summed E-state index contributed by atoms with van der Waals surface area (Å²) in [6.45, 7) is 0.170. The second-order valence-electron chi connectivity index (χ2n) is 4.36. The van der Waals surface area contributed by atoms with Gasteiger partial charge in [-0.25, -0.2) is 14.5 Å². The van der Waals surface area contributed by atoms with E-state index in [-0.39, 0.29) is 25.1 Å². The third-order valence-corrected chi connectivity index (χ3v) is 2.73. The molecule has 0 radical (unpaired) electrons. The second kappa shape index (κ2) is 9.17. The van der Waals surface area contributed by atoms with Gasteiger partial charge in [0.1, 0.15) is 12.6 Å². The number of ether oxygens (including phenoxy) is 1. The number of nitrogens with two attached hydrogens (primary N) is 1. The fourth-order valence-electron chi connectivity index (χ4n) is 1.47. The molecule has 5 N–H and O–H groups in total. The van der Waals surface area contributed by atoms with E-state index in [1.807, 2.05) is 30.3 Å². The number of imide groups is 1. The zero-order valence-corrected chi connectivity index (χ0v) is 12.2. The van der Waals surface area contributed by atoms with E-state index in [0.717, 1.165) is 17.7 Å². The molecule has 1 rings (SSSR count). The number of carbonyl (C=O) groups is 2. The summed E-state index contributed by atoms with van der Waals surface area (Å²) >= 11 is 0. The molecule has 0 saturated heterocycles. The van der Waals surface area contributed by atoms with Crippen molar-refractivity contribution in [2.45, 2.75) is 18.9 Å². The van der Waals surface area contributed by atoms with E-state index in [1.54, 1.807) is 0 Å². The van der Waals surface area contributed by atoms with E-state index in [1.165, 1.54) is 12.6 Å². The highest BCUT2D eigenvalue weighted by atomic mass is 35.5. The number of primary amides is 1. The lowest BCUT2D eigenvalue weighted by Gasteiger charge is -2.14. The number of aryl methyl sites for hydroxylation is 1. The number of hydrogen-bond acceptors (Lipinski definition) is 3. The Morgan fingerprint density at radius 2 is 1.95 bits per heavy atom. The van der Waals surface area contributed by atoms with E-state index in [4.69, 9.17) is 10.5 Å². The Hall–Kier alpha value is -1.79. The van der Waals surface area contributed by atoms with Gasteiger partial charge in [0.05, 0.1) is 0 Å². The van der Waals surface area contributed by atoms with Crippen molar-refractivity contribution < 1.29 is 32.5 Å². The van der Waals surface area contributed by atoms with Crippen LogP contribution in [-0.4, -0.2) is 36.7 Å². The largest absolute Gasteiger partial charge is 1.00 e. The van der Waals surface area contributed by atoms with Crippen molar-refractivity contribution in [3.8, 4) is 0 Å². The molecule has 0 aromatic heterocycles. The van der Waals surface area contributed by atoms with E-state index < -0.39 is 12.1 Å². The molecule has 0 fully saturated rings. The molecule has 0 saturated carbocycles. The second-order valence-corrected chi connectivity index (χ2v) is 4.36. The van der Waals surface area contributed by atoms with Crippen LogP contribution in [0.25, 0.3) is 0 Å². The molecular weight excluding hydrogens is 282 g/mol. The summed E-state index contributed by atoms with van der Waals surface area (Å²) < 4.78 is 4.94. The number of quaternary nitrogens is 1. The molecule has 1 aromatic rings. The molecule has 0 spiro atoms. The molecular formula is C13H20ClN3O3. The van der Waals surface area contributed by atoms with Crippen LogP contribution in [-0.2, 0) is 11.2 Å². The number of halogens is 1. The summed E-state index contributed by atoms with van der Waals surface area (Å²) in [6, 6.07) is 9.15. The van der Waals surface area contributed by atoms with Gasteiger partial charge in [0, 0.05) is 13.5 Å². The molecule has 0 aliphatic heterocycles. The molecule has 6 nitrogen and oxygen atoms in total. The van der Waals surface area contributed by atoms with Crippen LogP contribution in [0.1, 0.15) is 12.0 Å². The van der Waals surface area contributed by atoms with Crippen molar-refractivity contribution in [1.82, 2.24) is 4.90 Å². The zero-order valence-electron chi connectivity index (χ0n) is 11.4. The summed E-state index contributed by atoms with van der Waals surface area (Å²) in [5.74, 6) is 0. The SMILES string of the molecule is CN(C(N)=O)C(=O)OC[C@H]([NH3+])CCc1ccccc1.[Cl-]. The van der Waals surface area contributed by atoms with Crippen molar-refractivity contribution in [1.29, 1.82) is 0 Å². The fourth-order valence-corrected chi connectivity index (χ4v) is 1.47. The van der Waals surface area contributed by atoms with Gasteiger partial charge in [0.15, 0.2) is 0 Å². The first kappa shape index (κ1) is 18.2. The number of amides is 3. The molecule has 20 heavy (non-hydrogen) atoms. The van der Waals surface area contributed by atoms with Crippen molar-refractivity contribution in [3.05, 3.63) is 35.9 Å². The lowest BCUT2D eigenvalue weighted by molar-refractivity contribution is -0.426. The van der Waals surface area contributed by atoms with Gasteiger partial charge in [-0.2, -0.15) is 0 Å². The van der Waals surface area contributed by atoms with Gasteiger partial charge in [0.25, 0.3) is 0 Å². The molecule has 112 valence electrons. The Kier molecular flexibility index (Phi) is 8.35. The molecule has 3 amide bonds. The van der Waals surface area contributed by atoms with Crippen molar-refractivity contribution >= 4 is 12.1 Å². The van der Waals surface area contributed by atoms with Gasteiger partial charge < -0.3 is 28.6 Å². The monoisotopic (exact) mass is 301 g/mol. The highest BCUT2D eigenvalue weighted by Gasteiger charge is 2.17. The topological polar surface area (TPSA) is 100 Å². The number of hydrogen-bond donors (Lipinski definition) is 2. The highest BCUT2D eigenvalue weighted by Crippen LogP contribution is 2.04. The summed E-state index contributed by atoms with van der Waals surface area (Å²) in [7, 11) is 1.27. The standard InChI is InChI=1S/C13H19N3O3.ClH/c1-16(12(15)17)13(18)19-9-11(14)8-7-10-5-3-2-4-6-10;/h2-6,11H,7-9,14H2,1H3,(H2,15,17);1H/t11-;/m1./s1. The Bertz CT molecular complexity index is 428. The fraction of sp³-hybridized carbons (Fsp3) is 0.385. The van der Waals surface area contributed by atoms with Crippen molar-refractivity contribution in [2.24, 2.45) is 5.73 Å². The molecule has 0 unspecified atom stereocenters. The van der Waals surface area contributed by atoms with Gasteiger partial charge >= 0.3 is 12.1 Å². The van der Waals surface area contributed by atoms with Gasteiger partial charge in [-0.3, -0.25) is 0 Å². The Morgan fingerprint density at radius 1 is 1.35 bits per heavy atom. The third-order valence-electron chi connectivity index (χ3n) is 2.73. The number of urea groups is 1. The maximum Gasteiger partial charge on any atom is 0.417 e. The lowest BCUT2D eigenvalue weighted by atomic mass is 10.1. The summed E-state index contributed by atoms with van der Waals surface area (Å²) in [5.41, 5.74) is 10.1. The maximum absolute atomic E-state index is 11.3. The molecule has 1 aromatic carbocycles. The number of carbonyl (C=O) groups excluding carboxylic acids is 2. The smallest absolute Gasteiger partial charge is 0.417 e. The molecule has 0 heterocycles. The van der Waals surface area contributed by atoms with Crippen molar-refractivity contribution in [3.63, 3.8) is 0 Å². The highest BCUT2D eigenvalue weighted by molar-refractivity contribution is 5.89. The first-order valence-electron chi connectivity index (χ1n) is 6.07.